The van der Waals surface area contributed by atoms with Gasteiger partial charge in [-0.15, -0.1) is 0 Å². The number of carbonyl (C=O) groups excluding carboxylic acids is 1. The van der Waals surface area contributed by atoms with Crippen LogP contribution >= 0.6 is 0 Å². The lowest BCUT2D eigenvalue weighted by atomic mass is 10.1. The van der Waals surface area contributed by atoms with E-state index < -0.39 is 5.97 Å². The summed E-state index contributed by atoms with van der Waals surface area (Å²) in [4.78, 5) is 16.8. The molecule has 0 aliphatic heterocycles. The molecule has 0 aliphatic carbocycles. The van der Waals surface area contributed by atoms with Crippen LogP contribution in [0.15, 0.2) is 47.6 Å². The molecule has 0 unspecified atom stereocenters. The smallest absolute Gasteiger partial charge is 0.365 e. The van der Waals surface area contributed by atoms with E-state index in [0.29, 0.717) is 16.8 Å². The minimum atomic E-state index is -0.553. The zero-order chi connectivity index (χ0) is 15.4. The third-order valence-electron chi connectivity index (χ3n) is 3.13. The van der Waals surface area contributed by atoms with Crippen LogP contribution in [0, 0.1) is 13.8 Å². The van der Waals surface area contributed by atoms with E-state index >= 15 is 0 Å². The van der Waals surface area contributed by atoms with Crippen LogP contribution in [0.4, 0.5) is 5.69 Å². The van der Waals surface area contributed by atoms with Crippen molar-refractivity contribution in [3.05, 3.63) is 64.7 Å². The average molecular weight is 283 g/mol. The molecule has 0 aromatic heterocycles. The van der Waals surface area contributed by atoms with Crippen molar-refractivity contribution in [3.8, 4) is 0 Å². The second kappa shape index (κ2) is 6.09. The molecule has 2 aromatic carbocycles. The largest absolute Gasteiger partial charge is 0.398 e. The number of rotatable bonds is 3. The van der Waals surface area contributed by atoms with Gasteiger partial charge in [0, 0.05) is 11.3 Å². The molecule has 21 heavy (non-hydrogen) atoms. The standard InChI is InChI=1S/C16H17N3O2/c1-10-5-3-6-12(9-10)16(20)21-19-15(18)13-7-4-8-14(17)11(13)2/h3-9H,17H2,1-2H3,(H2,18,19). The lowest BCUT2D eigenvalue weighted by molar-refractivity contribution is 0.0516. The number of nitrogen functional groups attached to an aromatic ring is 1. The Morgan fingerprint density at radius 1 is 1.14 bits per heavy atom. The number of benzene rings is 2. The van der Waals surface area contributed by atoms with Crippen LogP contribution in [0.5, 0.6) is 0 Å². The molecule has 5 nitrogen and oxygen atoms in total. The minimum absolute atomic E-state index is 0.112. The number of anilines is 1. The molecule has 5 heteroatoms. The Balaban J connectivity index is 2.17. The summed E-state index contributed by atoms with van der Waals surface area (Å²) in [5, 5.41) is 3.69. The molecule has 0 atom stereocenters. The Morgan fingerprint density at radius 3 is 2.57 bits per heavy atom. The maximum atomic E-state index is 11.9. The zero-order valence-corrected chi connectivity index (χ0v) is 12.0. The molecule has 2 aromatic rings. The minimum Gasteiger partial charge on any atom is -0.398 e. The van der Waals surface area contributed by atoms with E-state index in [1.54, 1.807) is 36.4 Å². The number of nitrogens with two attached hydrogens (primary N) is 2. The number of hydrogen-bond acceptors (Lipinski definition) is 4. The third kappa shape index (κ3) is 3.39. The van der Waals surface area contributed by atoms with Crippen molar-refractivity contribution in [1.29, 1.82) is 0 Å². The van der Waals surface area contributed by atoms with Crippen molar-refractivity contribution in [2.45, 2.75) is 13.8 Å². The molecule has 0 fully saturated rings. The maximum absolute atomic E-state index is 11.9. The van der Waals surface area contributed by atoms with Gasteiger partial charge in [0.25, 0.3) is 0 Å². The monoisotopic (exact) mass is 283 g/mol. The fraction of sp³-hybridized carbons (Fsp3) is 0.125. The van der Waals surface area contributed by atoms with Crippen LogP contribution in [0.2, 0.25) is 0 Å². The van der Waals surface area contributed by atoms with E-state index in [9.17, 15) is 4.79 Å². The first-order chi connectivity index (χ1) is 9.99. The van der Waals surface area contributed by atoms with Gasteiger partial charge in [0.05, 0.1) is 5.56 Å². The summed E-state index contributed by atoms with van der Waals surface area (Å²) in [6.45, 7) is 3.72. The van der Waals surface area contributed by atoms with Gasteiger partial charge in [-0.05, 0) is 37.6 Å². The van der Waals surface area contributed by atoms with Crippen LogP contribution in [0.25, 0.3) is 0 Å². The van der Waals surface area contributed by atoms with Gasteiger partial charge in [-0.1, -0.05) is 35.0 Å². The van der Waals surface area contributed by atoms with E-state index in [2.05, 4.69) is 5.16 Å². The Bertz CT molecular complexity index is 708. The van der Waals surface area contributed by atoms with Crippen molar-refractivity contribution in [2.75, 3.05) is 5.73 Å². The number of nitrogens with zero attached hydrogens (tertiary/aromatic N) is 1. The predicted octanol–water partition coefficient (Wildman–Crippen LogP) is 2.36. The second-order valence-corrected chi connectivity index (χ2v) is 4.74. The first-order valence-electron chi connectivity index (χ1n) is 6.46. The van der Waals surface area contributed by atoms with Crippen molar-refractivity contribution < 1.29 is 9.63 Å². The van der Waals surface area contributed by atoms with Crippen molar-refractivity contribution in [1.82, 2.24) is 0 Å². The molecule has 0 saturated carbocycles. The molecule has 0 radical (unpaired) electrons. The topological polar surface area (TPSA) is 90.7 Å². The van der Waals surface area contributed by atoms with Gasteiger partial charge in [-0.3, -0.25) is 0 Å². The van der Waals surface area contributed by atoms with Gasteiger partial charge in [-0.25, -0.2) is 4.79 Å². The third-order valence-corrected chi connectivity index (χ3v) is 3.13. The van der Waals surface area contributed by atoms with E-state index in [0.717, 1.165) is 11.1 Å². The highest BCUT2D eigenvalue weighted by Crippen LogP contribution is 2.15. The van der Waals surface area contributed by atoms with Crippen LogP contribution < -0.4 is 11.5 Å². The first kappa shape index (κ1) is 14.6. The summed E-state index contributed by atoms with van der Waals surface area (Å²) in [5.74, 6) is -0.441. The van der Waals surface area contributed by atoms with Crippen molar-refractivity contribution in [3.63, 3.8) is 0 Å². The van der Waals surface area contributed by atoms with Gasteiger partial charge in [0.2, 0.25) is 0 Å². The zero-order valence-electron chi connectivity index (χ0n) is 12.0. The van der Waals surface area contributed by atoms with Crippen molar-refractivity contribution in [2.24, 2.45) is 10.9 Å². The lowest BCUT2D eigenvalue weighted by Crippen LogP contribution is -2.17. The molecule has 0 amide bonds. The van der Waals surface area contributed by atoms with E-state index in [-0.39, 0.29) is 5.84 Å². The quantitative estimate of drug-likeness (QED) is 0.297. The molecule has 4 N–H and O–H groups in total. The van der Waals surface area contributed by atoms with Gasteiger partial charge in [0.15, 0.2) is 5.84 Å². The van der Waals surface area contributed by atoms with Gasteiger partial charge >= 0.3 is 5.97 Å². The molecule has 0 bridgehead atoms. The molecule has 0 heterocycles. The lowest BCUT2D eigenvalue weighted by Gasteiger charge is -2.07. The SMILES string of the molecule is Cc1cccc(C(=O)O/N=C(\N)c2cccc(N)c2C)c1. The molecular formula is C16H17N3O2. The summed E-state index contributed by atoms with van der Waals surface area (Å²) in [5.41, 5.74) is 15.1. The Labute approximate surface area is 123 Å². The predicted molar refractivity (Wildman–Crippen MR) is 82.9 cm³/mol. The summed E-state index contributed by atoms with van der Waals surface area (Å²) in [7, 11) is 0. The Hall–Kier alpha value is -2.82. The van der Waals surface area contributed by atoms with Crippen LogP contribution in [0.3, 0.4) is 0 Å². The normalized spacial score (nSPS) is 11.2. The number of aryl methyl sites for hydroxylation is 1. The van der Waals surface area contributed by atoms with Crippen molar-refractivity contribution >= 4 is 17.5 Å². The number of amidine groups is 1. The van der Waals surface area contributed by atoms with Crippen LogP contribution in [-0.4, -0.2) is 11.8 Å². The van der Waals surface area contributed by atoms with Gasteiger partial charge in [0.1, 0.15) is 0 Å². The van der Waals surface area contributed by atoms with Gasteiger partial charge in [-0.2, -0.15) is 0 Å². The maximum Gasteiger partial charge on any atom is 0.365 e. The molecule has 2 rings (SSSR count). The second-order valence-electron chi connectivity index (χ2n) is 4.74. The average Bonchev–Trinajstić information content (AvgIpc) is 2.47. The van der Waals surface area contributed by atoms with Crippen LogP contribution in [0.1, 0.15) is 27.0 Å². The fourth-order valence-electron chi connectivity index (χ4n) is 1.90. The van der Waals surface area contributed by atoms with E-state index in [4.69, 9.17) is 16.3 Å². The molecule has 0 saturated heterocycles. The highest BCUT2D eigenvalue weighted by molar-refractivity contribution is 6.00. The molecule has 108 valence electrons. The molecule has 0 aliphatic rings. The molecule has 0 spiro atoms. The van der Waals surface area contributed by atoms with E-state index in [1.807, 2.05) is 19.9 Å². The summed E-state index contributed by atoms with van der Waals surface area (Å²) >= 11 is 0. The summed E-state index contributed by atoms with van der Waals surface area (Å²) < 4.78 is 0. The Kier molecular flexibility index (Phi) is 4.23. The summed E-state index contributed by atoms with van der Waals surface area (Å²) in [6.07, 6.45) is 0. The molecular weight excluding hydrogens is 266 g/mol. The highest BCUT2D eigenvalue weighted by Gasteiger charge is 2.09. The number of hydrogen-bond donors (Lipinski definition) is 2. The van der Waals surface area contributed by atoms with Crippen LogP contribution in [-0.2, 0) is 4.84 Å². The number of carbonyl (C=O) groups is 1. The van der Waals surface area contributed by atoms with Gasteiger partial charge < -0.3 is 16.3 Å². The highest BCUT2D eigenvalue weighted by atomic mass is 16.7. The first-order valence-corrected chi connectivity index (χ1v) is 6.46. The fourth-order valence-corrected chi connectivity index (χ4v) is 1.90. The summed E-state index contributed by atoms with van der Waals surface area (Å²) in [6, 6.07) is 12.4. The Morgan fingerprint density at radius 2 is 1.86 bits per heavy atom. The number of oxime groups is 1. The van der Waals surface area contributed by atoms with E-state index in [1.165, 1.54) is 0 Å².